The van der Waals surface area contributed by atoms with Gasteiger partial charge in [0.05, 0.1) is 24.3 Å². The molecule has 2 aromatic carbocycles. The Morgan fingerprint density at radius 1 is 1.14 bits per heavy atom. The first-order valence-corrected chi connectivity index (χ1v) is 15.1. The minimum absolute atomic E-state index is 0.237. The lowest BCUT2D eigenvalue weighted by molar-refractivity contribution is -0.287. The van der Waals surface area contributed by atoms with Crippen molar-refractivity contribution in [1.82, 2.24) is 15.0 Å². The summed E-state index contributed by atoms with van der Waals surface area (Å²) in [7, 11) is 0. The number of aromatic nitrogens is 2. The molecule has 2 aliphatic rings. The van der Waals surface area contributed by atoms with Gasteiger partial charge in [-0.3, -0.25) is 4.90 Å². The topological polar surface area (TPSA) is 110 Å². The smallest absolute Gasteiger partial charge is 0.408 e. The van der Waals surface area contributed by atoms with Gasteiger partial charge in [0.25, 0.3) is 5.89 Å². The van der Waals surface area contributed by atoms with Gasteiger partial charge in [-0.2, -0.15) is 4.98 Å². The van der Waals surface area contributed by atoms with Crippen LogP contribution in [0.15, 0.2) is 45.4 Å². The van der Waals surface area contributed by atoms with Crippen LogP contribution < -0.4 is 9.64 Å². The van der Waals surface area contributed by atoms with E-state index in [4.69, 9.17) is 18.7 Å². The minimum atomic E-state index is -0.993. The number of carbonyl (C=O) groups is 1. The number of carboxylic acid groups (broad SMARTS) is 1. The van der Waals surface area contributed by atoms with Gasteiger partial charge in [-0.15, -0.1) is 0 Å². The zero-order chi connectivity index (χ0) is 30.3. The highest BCUT2D eigenvalue weighted by Gasteiger charge is 2.51. The second-order valence-corrected chi connectivity index (χ2v) is 13.3. The van der Waals surface area contributed by atoms with E-state index in [1.54, 1.807) is 0 Å². The lowest BCUT2D eigenvalue weighted by Gasteiger charge is -2.54. The molecule has 3 aromatic rings. The molecule has 0 bridgehead atoms. The molecule has 1 N–H and O–H groups in total. The maximum absolute atomic E-state index is 12.6. The predicted octanol–water partition coefficient (Wildman–Crippen LogP) is 6.62. The van der Waals surface area contributed by atoms with Crippen LogP contribution in [0.5, 0.6) is 5.75 Å². The maximum atomic E-state index is 12.6. The van der Waals surface area contributed by atoms with E-state index in [2.05, 4.69) is 50.0 Å². The average molecular weight is 644 g/mol. The average Bonchev–Trinajstić information content (AvgIpc) is 3.56. The molecule has 0 unspecified atom stereocenters. The number of fused-ring (bicyclic) bond motifs is 1. The molecule has 2 aliphatic heterocycles. The Labute approximate surface area is 255 Å². The molecule has 0 aliphatic carbocycles. The third-order valence-corrected chi connectivity index (χ3v) is 8.21. The monoisotopic (exact) mass is 642 g/mol. The first kappa shape index (κ1) is 30.3. The Hall–Kier alpha value is -3.15. The first-order chi connectivity index (χ1) is 19.8. The van der Waals surface area contributed by atoms with Gasteiger partial charge in [0.2, 0.25) is 5.82 Å². The van der Waals surface area contributed by atoms with Crippen molar-refractivity contribution in [3.05, 3.63) is 46.4 Å². The van der Waals surface area contributed by atoms with Crippen molar-refractivity contribution < 1.29 is 28.6 Å². The summed E-state index contributed by atoms with van der Waals surface area (Å²) >= 11 is 3.57. The van der Waals surface area contributed by atoms with Crippen molar-refractivity contribution in [2.45, 2.75) is 71.2 Å². The van der Waals surface area contributed by atoms with Crippen molar-refractivity contribution in [1.29, 1.82) is 0 Å². The molecule has 0 spiro atoms. The molecule has 0 saturated carbocycles. The van der Waals surface area contributed by atoms with Crippen LogP contribution in [0.4, 0.5) is 10.5 Å². The molecule has 11 heteroatoms. The van der Waals surface area contributed by atoms with Crippen LogP contribution in [0.2, 0.25) is 0 Å². The van der Waals surface area contributed by atoms with Gasteiger partial charge in [-0.05, 0) is 105 Å². The number of amides is 1. The van der Waals surface area contributed by atoms with Crippen molar-refractivity contribution in [2.75, 3.05) is 37.8 Å². The van der Waals surface area contributed by atoms with Crippen LogP contribution in [0.25, 0.3) is 22.8 Å². The lowest BCUT2D eigenvalue weighted by Crippen LogP contribution is -2.70. The van der Waals surface area contributed by atoms with Crippen molar-refractivity contribution in [3.63, 3.8) is 0 Å². The predicted molar refractivity (Wildman–Crippen MR) is 163 cm³/mol. The number of ether oxygens (including phenoxy) is 3. The van der Waals surface area contributed by atoms with E-state index in [0.29, 0.717) is 24.9 Å². The fourth-order valence-corrected chi connectivity index (χ4v) is 6.23. The molecular weight excluding hydrogens is 604 g/mol. The van der Waals surface area contributed by atoms with E-state index in [0.717, 1.165) is 52.0 Å². The number of halogens is 1. The number of anilines is 1. The SMILES string of the molecule is CCCOc1ccc(-c2nc(-c3ccc4c(c3)CCN4CC3(N(C(=O)O)C(C)(C)C)COC(C)(C)OC3)no2)cc1Br. The second kappa shape index (κ2) is 11.5. The Bertz CT molecular complexity index is 1440. The molecule has 1 saturated heterocycles. The van der Waals surface area contributed by atoms with Crippen LogP contribution in [0, 0.1) is 0 Å². The largest absolute Gasteiger partial charge is 0.492 e. The molecule has 1 aromatic heterocycles. The highest BCUT2D eigenvalue weighted by atomic mass is 79.9. The summed E-state index contributed by atoms with van der Waals surface area (Å²) in [6.45, 7) is 13.8. The van der Waals surface area contributed by atoms with E-state index in [-0.39, 0.29) is 13.2 Å². The van der Waals surface area contributed by atoms with Crippen molar-refractivity contribution in [2.24, 2.45) is 0 Å². The van der Waals surface area contributed by atoms with Gasteiger partial charge in [0.1, 0.15) is 11.3 Å². The molecule has 226 valence electrons. The van der Waals surface area contributed by atoms with E-state index in [1.165, 1.54) is 4.90 Å². The molecule has 1 fully saturated rings. The number of hydrogen-bond acceptors (Lipinski definition) is 8. The number of nitrogens with zero attached hydrogens (tertiary/aromatic N) is 4. The number of rotatable bonds is 8. The zero-order valence-electron chi connectivity index (χ0n) is 25.1. The van der Waals surface area contributed by atoms with Gasteiger partial charge in [-0.25, -0.2) is 4.79 Å². The zero-order valence-corrected chi connectivity index (χ0v) is 26.7. The molecule has 0 radical (unpaired) electrons. The van der Waals surface area contributed by atoms with Crippen LogP contribution in [-0.2, 0) is 15.9 Å². The molecule has 3 heterocycles. The van der Waals surface area contributed by atoms with Gasteiger partial charge in [-0.1, -0.05) is 12.1 Å². The molecule has 0 atom stereocenters. The van der Waals surface area contributed by atoms with Gasteiger partial charge in [0.15, 0.2) is 5.79 Å². The lowest BCUT2D eigenvalue weighted by atomic mass is 9.90. The third kappa shape index (κ3) is 6.14. The summed E-state index contributed by atoms with van der Waals surface area (Å²) < 4.78 is 24.3. The summed E-state index contributed by atoms with van der Waals surface area (Å²) in [5, 5.41) is 14.5. The number of benzene rings is 2. The molecule has 10 nitrogen and oxygen atoms in total. The van der Waals surface area contributed by atoms with Gasteiger partial charge < -0.3 is 28.7 Å². The Kier molecular flexibility index (Phi) is 8.30. The summed E-state index contributed by atoms with van der Waals surface area (Å²) in [6.07, 6.45) is 0.748. The van der Waals surface area contributed by atoms with Crippen LogP contribution >= 0.6 is 15.9 Å². The van der Waals surface area contributed by atoms with Crippen molar-refractivity contribution in [3.8, 4) is 28.6 Å². The summed E-state index contributed by atoms with van der Waals surface area (Å²) in [5.74, 6) is 0.932. The highest BCUT2D eigenvalue weighted by Crippen LogP contribution is 2.38. The standard InChI is InChI=1S/C31H39BrN4O6/c1-7-14-39-25-11-9-22(16-23(25)32)27-33-26(34-42-27)21-8-10-24-20(15-21)12-13-35(24)17-31(18-40-30(5,6)41-19-31)36(28(37)38)29(2,3)4/h8-11,15-16H,7,12-14,17-19H2,1-6H3,(H,37,38). The molecule has 5 rings (SSSR count). The number of hydrogen-bond donors (Lipinski definition) is 1. The normalized spacial score (nSPS) is 17.6. The summed E-state index contributed by atoms with van der Waals surface area (Å²) in [4.78, 5) is 21.0. The fraction of sp³-hybridized carbons (Fsp3) is 0.516. The van der Waals surface area contributed by atoms with Crippen LogP contribution in [-0.4, -0.2) is 76.0 Å². The van der Waals surface area contributed by atoms with E-state index in [1.807, 2.05) is 58.9 Å². The van der Waals surface area contributed by atoms with Crippen molar-refractivity contribution >= 4 is 27.7 Å². The second-order valence-electron chi connectivity index (χ2n) is 12.4. The summed E-state index contributed by atoms with van der Waals surface area (Å²) in [5.41, 5.74) is 2.32. The molecule has 1 amide bonds. The molecular formula is C31H39BrN4O6. The fourth-order valence-electron chi connectivity index (χ4n) is 5.74. The van der Waals surface area contributed by atoms with E-state index >= 15 is 0 Å². The summed E-state index contributed by atoms with van der Waals surface area (Å²) in [6, 6.07) is 11.8. The quantitative estimate of drug-likeness (QED) is 0.290. The third-order valence-electron chi connectivity index (χ3n) is 7.59. The minimum Gasteiger partial charge on any atom is -0.492 e. The van der Waals surface area contributed by atoms with E-state index in [9.17, 15) is 9.90 Å². The van der Waals surface area contributed by atoms with Crippen LogP contribution in [0.1, 0.15) is 53.5 Å². The van der Waals surface area contributed by atoms with E-state index < -0.39 is 23.0 Å². The van der Waals surface area contributed by atoms with Gasteiger partial charge >= 0.3 is 6.09 Å². The Morgan fingerprint density at radius 2 is 1.86 bits per heavy atom. The molecule has 42 heavy (non-hydrogen) atoms. The van der Waals surface area contributed by atoms with Crippen LogP contribution in [0.3, 0.4) is 0 Å². The Balaban J connectivity index is 1.38. The maximum Gasteiger partial charge on any atom is 0.408 e. The first-order valence-electron chi connectivity index (χ1n) is 14.3. The van der Waals surface area contributed by atoms with Gasteiger partial charge in [0, 0.05) is 35.4 Å². The Morgan fingerprint density at radius 3 is 2.50 bits per heavy atom. The highest BCUT2D eigenvalue weighted by molar-refractivity contribution is 9.10.